The molecule has 0 fully saturated rings. The van der Waals surface area contributed by atoms with Crippen molar-refractivity contribution in [1.29, 1.82) is 0 Å². The van der Waals surface area contributed by atoms with Crippen LogP contribution in [-0.4, -0.2) is 17.1 Å². The summed E-state index contributed by atoms with van der Waals surface area (Å²) < 4.78 is 7.16. The number of hydrogen-bond acceptors (Lipinski definition) is 6. The van der Waals surface area contributed by atoms with Gasteiger partial charge in [-0.25, -0.2) is 9.78 Å². The molecule has 0 aliphatic heterocycles. The molecule has 0 bridgehead atoms. The molecule has 0 N–H and O–H groups in total. The molecule has 2 heterocycles. The summed E-state index contributed by atoms with van der Waals surface area (Å²) in [6, 6.07) is 22.0. The van der Waals surface area contributed by atoms with Crippen molar-refractivity contribution < 1.29 is 9.21 Å². The molecule has 0 atom stereocenters. The number of nitrogens with zero attached hydrogens (tertiary/aromatic N) is 3. The Hall–Kier alpha value is -3.62. The maximum Gasteiger partial charge on any atom is 0.349 e. The minimum atomic E-state index is -0.724. The summed E-state index contributed by atoms with van der Waals surface area (Å²) in [5, 5.41) is 6.58. The second-order valence-electron chi connectivity index (χ2n) is 7.37. The molecule has 33 heavy (non-hydrogen) atoms. The normalized spacial score (nSPS) is 11.5. The Kier molecular flexibility index (Phi) is 5.62. The molecule has 8 heteroatoms. The van der Waals surface area contributed by atoms with E-state index in [9.17, 15) is 9.59 Å². The second kappa shape index (κ2) is 8.73. The van der Waals surface area contributed by atoms with Crippen molar-refractivity contribution in [2.45, 2.75) is 6.92 Å². The van der Waals surface area contributed by atoms with Crippen molar-refractivity contribution in [2.24, 2.45) is 5.10 Å². The van der Waals surface area contributed by atoms with Gasteiger partial charge in [0.05, 0.1) is 16.4 Å². The van der Waals surface area contributed by atoms with Gasteiger partial charge in [0.2, 0.25) is 5.13 Å². The molecule has 0 spiro atoms. The Labute approximate surface area is 200 Å². The zero-order valence-corrected chi connectivity index (χ0v) is 19.8. The Balaban J connectivity index is 1.62. The van der Waals surface area contributed by atoms with Crippen molar-refractivity contribution in [1.82, 2.24) is 4.98 Å². The molecule has 6 nitrogen and oxygen atoms in total. The summed E-state index contributed by atoms with van der Waals surface area (Å²) in [6.45, 7) is 2.00. The van der Waals surface area contributed by atoms with Crippen LogP contribution in [-0.2, 0) is 0 Å². The van der Waals surface area contributed by atoms with Crippen LogP contribution in [0.5, 0.6) is 0 Å². The Morgan fingerprint density at radius 3 is 2.70 bits per heavy atom. The Morgan fingerprint density at radius 1 is 1.09 bits per heavy atom. The number of aryl methyl sites for hydroxylation is 1. The van der Waals surface area contributed by atoms with Gasteiger partial charge < -0.3 is 4.42 Å². The van der Waals surface area contributed by atoms with E-state index < -0.39 is 11.5 Å². The number of carbonyl (C=O) groups excluding carboxylic acids is 1. The fourth-order valence-electron chi connectivity index (χ4n) is 3.27. The number of thiazole rings is 1. The van der Waals surface area contributed by atoms with Gasteiger partial charge >= 0.3 is 5.63 Å². The number of benzene rings is 3. The highest BCUT2D eigenvalue weighted by Gasteiger charge is 2.25. The van der Waals surface area contributed by atoms with Crippen molar-refractivity contribution in [3.8, 4) is 0 Å². The molecule has 0 unspecified atom stereocenters. The van der Waals surface area contributed by atoms with Gasteiger partial charge in [0.1, 0.15) is 11.1 Å². The van der Waals surface area contributed by atoms with Crippen LogP contribution >= 0.6 is 27.3 Å². The van der Waals surface area contributed by atoms with Crippen LogP contribution in [0.3, 0.4) is 0 Å². The highest BCUT2D eigenvalue weighted by Crippen LogP contribution is 2.32. The second-order valence-corrected chi connectivity index (χ2v) is 9.29. The van der Waals surface area contributed by atoms with Crippen LogP contribution in [0.15, 0.2) is 91.6 Å². The van der Waals surface area contributed by atoms with Gasteiger partial charge in [0.15, 0.2) is 0 Å². The van der Waals surface area contributed by atoms with Gasteiger partial charge in [-0.2, -0.15) is 10.1 Å². The summed E-state index contributed by atoms with van der Waals surface area (Å²) in [6.07, 6.45) is 1.57. The number of amides is 1. The third-order valence-corrected chi connectivity index (χ3v) is 6.47. The van der Waals surface area contributed by atoms with Crippen LogP contribution in [0, 0.1) is 6.92 Å². The first kappa shape index (κ1) is 21.2. The fourth-order valence-corrected chi connectivity index (χ4v) is 4.74. The lowest BCUT2D eigenvalue weighted by atomic mass is 10.2. The standard InChI is InChI=1S/C25H16BrN3O3S/c1-15-6-8-16(9-7-15)14-27-29(25-28-20-11-10-18(26)13-22(20)33-25)23(30)19-12-17-4-2-3-5-21(17)32-24(19)31/h2-14H,1H3/b27-14+. The lowest BCUT2D eigenvalue weighted by Gasteiger charge is -2.13. The third kappa shape index (κ3) is 4.35. The minimum absolute atomic E-state index is 0.116. The van der Waals surface area contributed by atoms with Crippen LogP contribution in [0.4, 0.5) is 5.13 Å². The number of aromatic nitrogens is 1. The molecule has 162 valence electrons. The number of para-hydroxylation sites is 1. The number of hydrazone groups is 1. The monoisotopic (exact) mass is 517 g/mol. The van der Waals surface area contributed by atoms with Crippen molar-refractivity contribution in [2.75, 3.05) is 5.01 Å². The van der Waals surface area contributed by atoms with Crippen molar-refractivity contribution in [3.63, 3.8) is 0 Å². The number of anilines is 1. The number of rotatable bonds is 4. The van der Waals surface area contributed by atoms with Gasteiger partial charge in [0.25, 0.3) is 5.91 Å². The average Bonchev–Trinajstić information content (AvgIpc) is 3.22. The van der Waals surface area contributed by atoms with E-state index in [1.165, 1.54) is 17.4 Å². The average molecular weight is 518 g/mol. The van der Waals surface area contributed by atoms with E-state index in [4.69, 9.17) is 4.42 Å². The van der Waals surface area contributed by atoms with Gasteiger partial charge in [-0.1, -0.05) is 75.3 Å². The van der Waals surface area contributed by atoms with E-state index in [0.717, 1.165) is 30.8 Å². The summed E-state index contributed by atoms with van der Waals surface area (Å²) in [7, 11) is 0. The quantitative estimate of drug-likeness (QED) is 0.162. The molecule has 0 radical (unpaired) electrons. The van der Waals surface area contributed by atoms with Gasteiger partial charge in [-0.05, 0) is 42.8 Å². The minimum Gasteiger partial charge on any atom is -0.422 e. The van der Waals surface area contributed by atoms with Crippen molar-refractivity contribution >= 4 is 65.7 Å². The number of fused-ring (bicyclic) bond motifs is 2. The van der Waals surface area contributed by atoms with Crippen LogP contribution < -0.4 is 10.6 Å². The van der Waals surface area contributed by atoms with E-state index in [1.54, 1.807) is 24.4 Å². The summed E-state index contributed by atoms with van der Waals surface area (Å²) in [5.41, 5.74) is 2.23. The van der Waals surface area contributed by atoms with Crippen LogP contribution in [0.1, 0.15) is 21.5 Å². The van der Waals surface area contributed by atoms with Crippen molar-refractivity contribution in [3.05, 3.63) is 104 Å². The van der Waals surface area contributed by atoms with E-state index in [1.807, 2.05) is 55.5 Å². The molecular weight excluding hydrogens is 502 g/mol. The molecule has 0 saturated carbocycles. The molecular formula is C25H16BrN3O3S. The lowest BCUT2D eigenvalue weighted by molar-refractivity contribution is 0.0984. The Morgan fingerprint density at radius 2 is 1.88 bits per heavy atom. The fraction of sp³-hybridized carbons (Fsp3) is 0.0400. The molecule has 2 aromatic heterocycles. The highest BCUT2D eigenvalue weighted by atomic mass is 79.9. The van der Waals surface area contributed by atoms with Gasteiger partial charge in [-0.15, -0.1) is 0 Å². The zero-order chi connectivity index (χ0) is 22.9. The summed E-state index contributed by atoms with van der Waals surface area (Å²) >= 11 is 4.77. The molecule has 0 aliphatic rings. The molecule has 3 aromatic carbocycles. The topological polar surface area (TPSA) is 75.8 Å². The third-order valence-electron chi connectivity index (χ3n) is 4.98. The zero-order valence-electron chi connectivity index (χ0n) is 17.4. The molecule has 0 saturated heterocycles. The van der Waals surface area contributed by atoms with E-state index in [0.29, 0.717) is 16.1 Å². The van der Waals surface area contributed by atoms with E-state index >= 15 is 0 Å². The van der Waals surface area contributed by atoms with Gasteiger partial charge in [-0.3, -0.25) is 4.79 Å². The molecule has 1 amide bonds. The largest absolute Gasteiger partial charge is 0.422 e. The summed E-state index contributed by atoms with van der Waals surface area (Å²) in [4.78, 5) is 30.8. The Bertz CT molecular complexity index is 1590. The van der Waals surface area contributed by atoms with Crippen LogP contribution in [0.25, 0.3) is 21.2 Å². The van der Waals surface area contributed by atoms with Gasteiger partial charge in [0, 0.05) is 9.86 Å². The number of hydrogen-bond donors (Lipinski definition) is 0. The predicted molar refractivity (Wildman–Crippen MR) is 135 cm³/mol. The smallest absolute Gasteiger partial charge is 0.349 e. The maximum atomic E-state index is 13.5. The first-order valence-electron chi connectivity index (χ1n) is 10.0. The van der Waals surface area contributed by atoms with E-state index in [-0.39, 0.29) is 5.56 Å². The molecule has 5 rings (SSSR count). The number of halogens is 1. The van der Waals surface area contributed by atoms with Crippen LogP contribution in [0.2, 0.25) is 0 Å². The summed E-state index contributed by atoms with van der Waals surface area (Å²) in [5.74, 6) is -0.615. The maximum absolute atomic E-state index is 13.5. The number of carbonyl (C=O) groups is 1. The molecule has 5 aromatic rings. The first-order chi connectivity index (χ1) is 16.0. The lowest BCUT2D eigenvalue weighted by Crippen LogP contribution is -2.30. The van der Waals surface area contributed by atoms with E-state index in [2.05, 4.69) is 26.0 Å². The molecule has 0 aliphatic carbocycles. The first-order valence-corrected chi connectivity index (χ1v) is 11.6. The predicted octanol–water partition coefficient (Wildman–Crippen LogP) is 6.15. The highest BCUT2D eigenvalue weighted by molar-refractivity contribution is 9.10. The SMILES string of the molecule is Cc1ccc(/C=N/N(C(=O)c2cc3ccccc3oc2=O)c2nc3ccc(Br)cc3s2)cc1.